The van der Waals surface area contributed by atoms with E-state index in [9.17, 15) is 4.79 Å². The molecular formula is C18H19BrClN5O2. The first-order valence-electron chi connectivity index (χ1n) is 8.35. The Morgan fingerprint density at radius 1 is 1.22 bits per heavy atom. The van der Waals surface area contributed by atoms with Crippen LogP contribution in [0.15, 0.2) is 47.2 Å². The van der Waals surface area contributed by atoms with E-state index in [1.807, 2.05) is 31.2 Å². The van der Waals surface area contributed by atoms with Crippen molar-refractivity contribution in [1.82, 2.24) is 24.5 Å². The van der Waals surface area contributed by atoms with Crippen molar-refractivity contribution < 1.29 is 9.53 Å². The molecule has 0 spiro atoms. The lowest BCUT2D eigenvalue weighted by Crippen LogP contribution is -2.27. The van der Waals surface area contributed by atoms with E-state index in [0.717, 1.165) is 16.8 Å². The van der Waals surface area contributed by atoms with E-state index in [2.05, 4.69) is 26.1 Å². The van der Waals surface area contributed by atoms with Crippen LogP contribution < -0.4 is 4.74 Å². The van der Waals surface area contributed by atoms with E-state index in [1.165, 1.54) is 4.90 Å². The molecule has 3 rings (SSSR count). The predicted octanol–water partition coefficient (Wildman–Crippen LogP) is 3.82. The SMILES string of the molecule is CCn1cc(Cl)c(CN(C)C(=O)c2ccn(COc3ccc(Br)cc3)n2)n1. The Bertz CT molecular complexity index is 922. The molecular weight excluding hydrogens is 434 g/mol. The summed E-state index contributed by atoms with van der Waals surface area (Å²) in [5.74, 6) is 0.513. The highest BCUT2D eigenvalue weighted by Gasteiger charge is 2.18. The molecule has 1 aromatic carbocycles. The zero-order valence-corrected chi connectivity index (χ0v) is 17.3. The Hall–Kier alpha value is -2.32. The topological polar surface area (TPSA) is 65.2 Å². The first kappa shape index (κ1) is 19.4. The van der Waals surface area contributed by atoms with Gasteiger partial charge >= 0.3 is 0 Å². The van der Waals surface area contributed by atoms with Crippen molar-refractivity contribution in [2.75, 3.05) is 7.05 Å². The minimum Gasteiger partial charge on any atom is -0.471 e. The Kier molecular flexibility index (Phi) is 6.18. The lowest BCUT2D eigenvalue weighted by atomic mass is 10.3. The molecule has 7 nitrogen and oxygen atoms in total. The Balaban J connectivity index is 1.59. The van der Waals surface area contributed by atoms with Gasteiger partial charge in [0.05, 0.1) is 11.6 Å². The van der Waals surface area contributed by atoms with E-state index in [4.69, 9.17) is 16.3 Å². The molecule has 0 aliphatic carbocycles. The van der Waals surface area contributed by atoms with Gasteiger partial charge in [-0.05, 0) is 37.3 Å². The molecule has 2 aromatic heterocycles. The number of hydrogen-bond donors (Lipinski definition) is 0. The number of aryl methyl sites for hydroxylation is 1. The average Bonchev–Trinajstić information content (AvgIpc) is 3.27. The van der Waals surface area contributed by atoms with Gasteiger partial charge in [-0.2, -0.15) is 10.2 Å². The summed E-state index contributed by atoms with van der Waals surface area (Å²) in [6.07, 6.45) is 3.46. The van der Waals surface area contributed by atoms with E-state index in [1.54, 1.807) is 34.9 Å². The van der Waals surface area contributed by atoms with Crippen molar-refractivity contribution >= 4 is 33.4 Å². The van der Waals surface area contributed by atoms with Crippen LogP contribution in [0.2, 0.25) is 5.02 Å². The maximum absolute atomic E-state index is 12.6. The highest BCUT2D eigenvalue weighted by molar-refractivity contribution is 9.10. The van der Waals surface area contributed by atoms with Gasteiger partial charge in [0.25, 0.3) is 5.91 Å². The molecule has 142 valence electrons. The molecule has 0 N–H and O–H groups in total. The summed E-state index contributed by atoms with van der Waals surface area (Å²) in [4.78, 5) is 14.1. The lowest BCUT2D eigenvalue weighted by molar-refractivity contribution is 0.0775. The summed E-state index contributed by atoms with van der Waals surface area (Å²) in [6, 6.07) is 9.16. The van der Waals surface area contributed by atoms with Crippen LogP contribution in [0, 0.1) is 0 Å². The quantitative estimate of drug-likeness (QED) is 0.546. The molecule has 3 aromatic rings. The number of hydrogen-bond acceptors (Lipinski definition) is 4. The van der Waals surface area contributed by atoms with Gasteiger partial charge in [-0.1, -0.05) is 27.5 Å². The van der Waals surface area contributed by atoms with E-state index in [0.29, 0.717) is 23.0 Å². The third kappa shape index (κ3) is 4.90. The Morgan fingerprint density at radius 2 is 1.96 bits per heavy atom. The second-order valence-electron chi connectivity index (χ2n) is 5.91. The van der Waals surface area contributed by atoms with Crippen LogP contribution in [-0.2, 0) is 19.8 Å². The third-order valence-corrected chi connectivity index (χ3v) is 4.73. The first-order chi connectivity index (χ1) is 13.0. The van der Waals surface area contributed by atoms with Crippen LogP contribution in [0.1, 0.15) is 23.1 Å². The number of aromatic nitrogens is 4. The van der Waals surface area contributed by atoms with Gasteiger partial charge in [0, 0.05) is 30.5 Å². The minimum absolute atomic E-state index is 0.209. The highest BCUT2D eigenvalue weighted by atomic mass is 79.9. The van der Waals surface area contributed by atoms with Gasteiger partial charge in [0.2, 0.25) is 0 Å². The maximum Gasteiger partial charge on any atom is 0.274 e. The number of benzene rings is 1. The maximum atomic E-state index is 12.6. The zero-order valence-electron chi connectivity index (χ0n) is 15.0. The Labute approximate surface area is 170 Å². The van der Waals surface area contributed by atoms with Crippen molar-refractivity contribution in [3.63, 3.8) is 0 Å². The largest absolute Gasteiger partial charge is 0.471 e. The predicted molar refractivity (Wildman–Crippen MR) is 106 cm³/mol. The zero-order chi connectivity index (χ0) is 19.4. The molecule has 0 aliphatic heterocycles. The first-order valence-corrected chi connectivity index (χ1v) is 9.52. The molecule has 0 aliphatic rings. The summed E-state index contributed by atoms with van der Waals surface area (Å²) in [6.45, 7) is 3.23. The van der Waals surface area contributed by atoms with Gasteiger partial charge in [-0.15, -0.1) is 0 Å². The van der Waals surface area contributed by atoms with Crippen molar-refractivity contribution in [3.05, 3.63) is 63.6 Å². The molecule has 0 saturated heterocycles. The molecule has 9 heteroatoms. The van der Waals surface area contributed by atoms with Crippen LogP contribution in [-0.4, -0.2) is 37.4 Å². The van der Waals surface area contributed by atoms with E-state index < -0.39 is 0 Å². The Morgan fingerprint density at radius 3 is 2.63 bits per heavy atom. The van der Waals surface area contributed by atoms with E-state index >= 15 is 0 Å². The molecule has 0 radical (unpaired) electrons. The molecule has 1 amide bonds. The van der Waals surface area contributed by atoms with Crippen LogP contribution in [0.5, 0.6) is 5.75 Å². The summed E-state index contributed by atoms with van der Waals surface area (Å²) in [5.41, 5.74) is 0.996. The van der Waals surface area contributed by atoms with Gasteiger partial charge in [0.1, 0.15) is 11.4 Å². The standard InChI is InChI=1S/C18H19BrClN5O2/c1-3-24-10-15(20)17(22-24)11-23(2)18(26)16-8-9-25(21-16)12-27-14-6-4-13(19)5-7-14/h4-10H,3,11-12H2,1-2H3. The van der Waals surface area contributed by atoms with Crippen molar-refractivity contribution in [2.45, 2.75) is 26.7 Å². The van der Waals surface area contributed by atoms with Crippen LogP contribution in [0.4, 0.5) is 0 Å². The number of ether oxygens (including phenoxy) is 1. The van der Waals surface area contributed by atoms with Gasteiger partial charge in [0.15, 0.2) is 12.4 Å². The molecule has 0 unspecified atom stereocenters. The normalized spacial score (nSPS) is 10.8. The van der Waals surface area contributed by atoms with Crippen molar-refractivity contribution in [3.8, 4) is 5.75 Å². The number of nitrogens with zero attached hydrogens (tertiary/aromatic N) is 5. The minimum atomic E-state index is -0.209. The summed E-state index contributed by atoms with van der Waals surface area (Å²) >= 11 is 9.55. The average molecular weight is 453 g/mol. The molecule has 0 bridgehead atoms. The summed E-state index contributed by atoms with van der Waals surface area (Å²) in [5, 5.41) is 9.19. The molecule has 27 heavy (non-hydrogen) atoms. The smallest absolute Gasteiger partial charge is 0.274 e. The van der Waals surface area contributed by atoms with Crippen LogP contribution >= 0.6 is 27.5 Å². The molecule has 0 saturated carbocycles. The number of rotatable bonds is 7. The van der Waals surface area contributed by atoms with Gasteiger partial charge in [-0.25, -0.2) is 4.68 Å². The second-order valence-corrected chi connectivity index (χ2v) is 7.23. The monoisotopic (exact) mass is 451 g/mol. The highest BCUT2D eigenvalue weighted by Crippen LogP contribution is 2.17. The fourth-order valence-electron chi connectivity index (χ4n) is 2.42. The van der Waals surface area contributed by atoms with E-state index in [-0.39, 0.29) is 12.6 Å². The second kappa shape index (κ2) is 8.58. The van der Waals surface area contributed by atoms with Crippen molar-refractivity contribution in [1.29, 1.82) is 0 Å². The lowest BCUT2D eigenvalue weighted by Gasteiger charge is -2.14. The van der Waals surface area contributed by atoms with Crippen LogP contribution in [0.3, 0.4) is 0 Å². The number of amides is 1. The van der Waals surface area contributed by atoms with Crippen LogP contribution in [0.25, 0.3) is 0 Å². The fourth-order valence-corrected chi connectivity index (χ4v) is 2.89. The summed E-state index contributed by atoms with van der Waals surface area (Å²) < 4.78 is 9.94. The van der Waals surface area contributed by atoms with Gasteiger partial charge in [-0.3, -0.25) is 9.48 Å². The van der Waals surface area contributed by atoms with Crippen molar-refractivity contribution in [2.24, 2.45) is 0 Å². The molecule has 0 fully saturated rings. The number of carbonyl (C=O) groups excluding carboxylic acids is 1. The number of halogens is 2. The number of carbonyl (C=O) groups is 1. The molecule has 0 atom stereocenters. The third-order valence-electron chi connectivity index (χ3n) is 3.88. The van der Waals surface area contributed by atoms with Gasteiger partial charge < -0.3 is 9.64 Å². The summed E-state index contributed by atoms with van der Waals surface area (Å²) in [7, 11) is 1.70. The molecule has 2 heterocycles. The fraction of sp³-hybridized carbons (Fsp3) is 0.278.